The first kappa shape index (κ1) is 12.0. The number of rotatable bonds is 2. The van der Waals surface area contributed by atoms with E-state index >= 15 is 0 Å². The Morgan fingerprint density at radius 3 is 2.68 bits per heavy atom. The minimum absolute atomic E-state index is 0.540. The summed E-state index contributed by atoms with van der Waals surface area (Å²) in [5.74, 6) is 1.41. The summed E-state index contributed by atoms with van der Waals surface area (Å²) in [6.07, 6.45) is 0.987. The highest BCUT2D eigenvalue weighted by Crippen LogP contribution is 2.34. The maximum absolute atomic E-state index is 10.4. The molecule has 1 atom stereocenters. The van der Waals surface area contributed by atoms with Crippen LogP contribution in [0.3, 0.4) is 0 Å². The van der Waals surface area contributed by atoms with Crippen LogP contribution in [0.5, 0.6) is 11.5 Å². The van der Waals surface area contributed by atoms with Gasteiger partial charge in [-0.05, 0) is 24.6 Å². The van der Waals surface area contributed by atoms with Crippen LogP contribution in [0, 0.1) is 6.92 Å². The van der Waals surface area contributed by atoms with Crippen molar-refractivity contribution in [2.24, 2.45) is 7.05 Å². The van der Waals surface area contributed by atoms with Gasteiger partial charge in [0, 0.05) is 18.3 Å². The maximum Gasteiger partial charge on any atom is 0.161 e. The lowest BCUT2D eigenvalue weighted by Gasteiger charge is -2.20. The number of hydrogen-bond acceptors (Lipinski definition) is 4. The summed E-state index contributed by atoms with van der Waals surface area (Å²) < 4.78 is 12.7. The minimum atomic E-state index is -0.704. The zero-order chi connectivity index (χ0) is 13.4. The van der Waals surface area contributed by atoms with Crippen molar-refractivity contribution in [2.45, 2.75) is 13.0 Å². The van der Waals surface area contributed by atoms with Gasteiger partial charge in [-0.3, -0.25) is 4.68 Å². The zero-order valence-corrected chi connectivity index (χ0v) is 11.0. The normalized spacial score (nSPS) is 15.3. The predicted octanol–water partition coefficient (Wildman–Crippen LogP) is 1.58. The fourth-order valence-corrected chi connectivity index (χ4v) is 2.19. The summed E-state index contributed by atoms with van der Waals surface area (Å²) in [7, 11) is 1.86. The van der Waals surface area contributed by atoms with Crippen LogP contribution in [0.4, 0.5) is 0 Å². The minimum Gasteiger partial charge on any atom is -0.486 e. The van der Waals surface area contributed by atoms with E-state index in [4.69, 9.17) is 9.47 Å². The number of aromatic nitrogens is 2. The lowest BCUT2D eigenvalue weighted by atomic mass is 10.0. The Bertz CT molecular complexity index is 607. The van der Waals surface area contributed by atoms with Crippen molar-refractivity contribution in [3.05, 3.63) is 41.2 Å². The molecule has 0 aliphatic carbocycles. The molecule has 19 heavy (non-hydrogen) atoms. The van der Waals surface area contributed by atoms with Gasteiger partial charge >= 0.3 is 0 Å². The van der Waals surface area contributed by atoms with E-state index < -0.39 is 6.10 Å². The average Bonchev–Trinajstić information content (AvgIpc) is 2.78. The van der Waals surface area contributed by atoms with Crippen molar-refractivity contribution in [3.63, 3.8) is 0 Å². The van der Waals surface area contributed by atoms with E-state index in [0.29, 0.717) is 19.0 Å². The van der Waals surface area contributed by atoms with Gasteiger partial charge in [-0.1, -0.05) is 6.07 Å². The smallest absolute Gasteiger partial charge is 0.161 e. The van der Waals surface area contributed by atoms with Crippen LogP contribution in [0.1, 0.15) is 22.9 Å². The monoisotopic (exact) mass is 260 g/mol. The van der Waals surface area contributed by atoms with E-state index in [2.05, 4.69) is 5.10 Å². The molecular formula is C14H16N2O3. The number of benzene rings is 1. The molecule has 0 radical (unpaired) electrons. The highest BCUT2D eigenvalue weighted by molar-refractivity contribution is 5.46. The molecule has 1 unspecified atom stereocenters. The molecule has 0 bridgehead atoms. The average molecular weight is 260 g/mol. The summed E-state index contributed by atoms with van der Waals surface area (Å²) in [5.41, 5.74) is 2.53. The topological polar surface area (TPSA) is 56.5 Å². The molecular weight excluding hydrogens is 244 g/mol. The molecule has 2 heterocycles. The van der Waals surface area contributed by atoms with Crippen molar-refractivity contribution in [2.75, 3.05) is 13.2 Å². The van der Waals surface area contributed by atoms with Crippen LogP contribution >= 0.6 is 0 Å². The van der Waals surface area contributed by atoms with E-state index in [9.17, 15) is 5.11 Å². The molecule has 1 aromatic heterocycles. The summed E-state index contributed by atoms with van der Waals surface area (Å²) in [4.78, 5) is 0. The second kappa shape index (κ2) is 4.59. The van der Waals surface area contributed by atoms with Gasteiger partial charge in [-0.15, -0.1) is 0 Å². The molecule has 3 rings (SSSR count). The summed E-state index contributed by atoms with van der Waals surface area (Å²) in [6, 6.07) is 5.51. The maximum atomic E-state index is 10.4. The second-order valence-electron chi connectivity index (χ2n) is 4.61. The largest absolute Gasteiger partial charge is 0.486 e. The molecule has 1 aliphatic heterocycles. The SMILES string of the molecule is Cc1c(C(O)c2ccc3c(c2)OCCO3)cnn1C. The Morgan fingerprint density at radius 1 is 1.26 bits per heavy atom. The first-order chi connectivity index (χ1) is 9.16. The van der Waals surface area contributed by atoms with E-state index in [-0.39, 0.29) is 0 Å². The van der Waals surface area contributed by atoms with E-state index in [1.54, 1.807) is 10.9 Å². The van der Waals surface area contributed by atoms with Crippen LogP contribution in [-0.4, -0.2) is 28.1 Å². The van der Waals surface area contributed by atoms with Crippen LogP contribution in [-0.2, 0) is 7.05 Å². The number of aryl methyl sites for hydroxylation is 1. The molecule has 1 aromatic carbocycles. The third-order valence-electron chi connectivity index (χ3n) is 3.45. The van der Waals surface area contributed by atoms with Crippen LogP contribution in [0.2, 0.25) is 0 Å². The molecule has 5 heteroatoms. The Morgan fingerprint density at radius 2 is 2.00 bits per heavy atom. The van der Waals surface area contributed by atoms with Crippen LogP contribution in [0.15, 0.2) is 24.4 Å². The highest BCUT2D eigenvalue weighted by atomic mass is 16.6. The molecule has 0 saturated heterocycles. The van der Waals surface area contributed by atoms with Gasteiger partial charge in [-0.2, -0.15) is 5.10 Å². The fourth-order valence-electron chi connectivity index (χ4n) is 2.19. The van der Waals surface area contributed by atoms with Gasteiger partial charge in [0.1, 0.15) is 19.3 Å². The lowest BCUT2D eigenvalue weighted by molar-refractivity contribution is 0.169. The molecule has 0 saturated carbocycles. The van der Waals surface area contributed by atoms with Gasteiger partial charge in [0.2, 0.25) is 0 Å². The molecule has 1 N–H and O–H groups in total. The van der Waals surface area contributed by atoms with E-state index in [0.717, 1.165) is 22.6 Å². The Kier molecular flexibility index (Phi) is 2.91. The molecule has 0 amide bonds. The number of hydrogen-bond donors (Lipinski definition) is 1. The Hall–Kier alpha value is -2.01. The van der Waals surface area contributed by atoms with Gasteiger partial charge < -0.3 is 14.6 Å². The van der Waals surface area contributed by atoms with Crippen molar-refractivity contribution < 1.29 is 14.6 Å². The van der Waals surface area contributed by atoms with Crippen molar-refractivity contribution in [1.29, 1.82) is 0 Å². The Balaban J connectivity index is 1.95. The van der Waals surface area contributed by atoms with E-state index in [1.807, 2.05) is 32.2 Å². The predicted molar refractivity (Wildman–Crippen MR) is 69.4 cm³/mol. The van der Waals surface area contributed by atoms with Crippen LogP contribution in [0.25, 0.3) is 0 Å². The van der Waals surface area contributed by atoms with Crippen molar-refractivity contribution in [3.8, 4) is 11.5 Å². The van der Waals surface area contributed by atoms with Crippen LogP contribution < -0.4 is 9.47 Å². The number of ether oxygens (including phenoxy) is 2. The van der Waals surface area contributed by atoms with Gasteiger partial charge in [0.25, 0.3) is 0 Å². The first-order valence-electron chi connectivity index (χ1n) is 6.23. The van der Waals surface area contributed by atoms with E-state index in [1.165, 1.54) is 0 Å². The van der Waals surface area contributed by atoms with Crippen molar-refractivity contribution in [1.82, 2.24) is 9.78 Å². The first-order valence-corrected chi connectivity index (χ1v) is 6.23. The Labute approximate surface area is 111 Å². The lowest BCUT2D eigenvalue weighted by Crippen LogP contribution is -2.15. The van der Waals surface area contributed by atoms with Gasteiger partial charge in [0.15, 0.2) is 11.5 Å². The summed E-state index contributed by atoms with van der Waals surface area (Å²) >= 11 is 0. The fraction of sp³-hybridized carbons (Fsp3) is 0.357. The quantitative estimate of drug-likeness (QED) is 0.890. The summed E-state index contributed by atoms with van der Waals surface area (Å²) in [6.45, 7) is 3.04. The molecule has 100 valence electrons. The third-order valence-corrected chi connectivity index (χ3v) is 3.45. The van der Waals surface area contributed by atoms with Crippen molar-refractivity contribution >= 4 is 0 Å². The molecule has 2 aromatic rings. The molecule has 5 nitrogen and oxygen atoms in total. The van der Waals surface area contributed by atoms with Gasteiger partial charge in [-0.25, -0.2) is 0 Å². The second-order valence-corrected chi connectivity index (χ2v) is 4.61. The zero-order valence-electron chi connectivity index (χ0n) is 11.0. The number of nitrogens with zero attached hydrogens (tertiary/aromatic N) is 2. The number of fused-ring (bicyclic) bond motifs is 1. The summed E-state index contributed by atoms with van der Waals surface area (Å²) in [5, 5.41) is 14.6. The number of aliphatic hydroxyl groups is 1. The molecule has 0 spiro atoms. The molecule has 1 aliphatic rings. The highest BCUT2D eigenvalue weighted by Gasteiger charge is 2.19. The van der Waals surface area contributed by atoms with Gasteiger partial charge in [0.05, 0.1) is 6.20 Å². The third kappa shape index (κ3) is 2.06. The molecule has 0 fully saturated rings. The standard InChI is InChI=1S/C14H16N2O3/c1-9-11(8-15-16(9)2)14(17)10-3-4-12-13(7-10)19-6-5-18-12/h3-4,7-8,14,17H,5-6H2,1-2H3. The number of aliphatic hydroxyl groups excluding tert-OH is 1.